The first-order valence-electron chi connectivity index (χ1n) is 8.42. The van der Waals surface area contributed by atoms with Gasteiger partial charge < -0.3 is 0 Å². The van der Waals surface area contributed by atoms with Gasteiger partial charge in [-0.1, -0.05) is 105 Å². The molecule has 0 aromatic heterocycles. The molecule has 0 N–H and O–H groups in total. The zero-order chi connectivity index (χ0) is 16.1. The lowest BCUT2D eigenvalue weighted by molar-refractivity contribution is 0.497. The lowest BCUT2D eigenvalue weighted by atomic mass is 9.73. The molecule has 0 heteroatoms. The third kappa shape index (κ3) is 3.53. The average molecular weight is 300 g/mol. The van der Waals surface area contributed by atoms with E-state index in [1.807, 2.05) is 0 Å². The predicted octanol–water partition coefficient (Wildman–Crippen LogP) is 6.38. The Hall–Kier alpha value is -2.34. The van der Waals surface area contributed by atoms with Gasteiger partial charge in [0.2, 0.25) is 0 Å². The number of hydrogen-bond acceptors (Lipinski definition) is 0. The second-order valence-corrected chi connectivity index (χ2v) is 6.34. The van der Waals surface area contributed by atoms with Crippen molar-refractivity contribution in [2.24, 2.45) is 0 Å². The second-order valence-electron chi connectivity index (χ2n) is 6.34. The van der Waals surface area contributed by atoms with Crippen LogP contribution in [0.2, 0.25) is 0 Å². The summed E-state index contributed by atoms with van der Waals surface area (Å²) in [5.74, 6) is 1.39. The number of rotatable bonds is 5. The van der Waals surface area contributed by atoms with Gasteiger partial charge in [-0.15, -0.1) is 0 Å². The Balaban J connectivity index is 2.01. The van der Waals surface area contributed by atoms with E-state index in [2.05, 4.69) is 105 Å². The van der Waals surface area contributed by atoms with E-state index in [0.29, 0.717) is 17.8 Å². The van der Waals surface area contributed by atoms with Crippen LogP contribution in [0.1, 0.15) is 48.3 Å². The Morgan fingerprint density at radius 1 is 0.435 bits per heavy atom. The molecular formula is C23H24. The fraction of sp³-hybridized carbons (Fsp3) is 0.217. The maximum absolute atomic E-state index is 2.35. The average Bonchev–Trinajstić information content (AvgIpc) is 2.64. The van der Waals surface area contributed by atoms with Crippen LogP contribution >= 0.6 is 0 Å². The van der Waals surface area contributed by atoms with Crippen molar-refractivity contribution >= 4 is 0 Å². The Bertz CT molecular complexity index is 655. The Morgan fingerprint density at radius 3 is 1.09 bits per heavy atom. The molecule has 0 spiro atoms. The van der Waals surface area contributed by atoms with Crippen molar-refractivity contribution in [3.63, 3.8) is 0 Å². The maximum Gasteiger partial charge on any atom is -0.00296 e. The Morgan fingerprint density at radius 2 is 0.739 bits per heavy atom. The summed E-state index contributed by atoms with van der Waals surface area (Å²) >= 11 is 0. The van der Waals surface area contributed by atoms with Gasteiger partial charge in [0.1, 0.15) is 0 Å². The topological polar surface area (TPSA) is 0 Å². The van der Waals surface area contributed by atoms with Crippen LogP contribution in [0.25, 0.3) is 0 Å². The molecule has 116 valence electrons. The van der Waals surface area contributed by atoms with Crippen LogP contribution in [0, 0.1) is 0 Å². The zero-order valence-electron chi connectivity index (χ0n) is 13.9. The smallest absolute Gasteiger partial charge is 0.00296 e. The highest BCUT2D eigenvalue weighted by atomic mass is 14.3. The van der Waals surface area contributed by atoms with E-state index >= 15 is 0 Å². The van der Waals surface area contributed by atoms with Crippen molar-refractivity contribution in [2.75, 3.05) is 0 Å². The minimum Gasteiger partial charge on any atom is -0.0622 e. The van der Waals surface area contributed by atoms with Crippen molar-refractivity contribution in [1.82, 2.24) is 0 Å². The first kappa shape index (κ1) is 15.6. The van der Waals surface area contributed by atoms with E-state index in [-0.39, 0.29) is 0 Å². The van der Waals surface area contributed by atoms with Gasteiger partial charge in [0.25, 0.3) is 0 Å². The first-order valence-corrected chi connectivity index (χ1v) is 8.42. The van der Waals surface area contributed by atoms with Gasteiger partial charge in [0.05, 0.1) is 0 Å². The summed E-state index contributed by atoms with van der Waals surface area (Å²) in [6.45, 7) is 4.71. The Kier molecular flexibility index (Phi) is 4.92. The Labute approximate surface area is 139 Å². The fourth-order valence-corrected chi connectivity index (χ4v) is 3.61. The van der Waals surface area contributed by atoms with E-state index in [4.69, 9.17) is 0 Å². The summed E-state index contributed by atoms with van der Waals surface area (Å²) in [5, 5.41) is 0. The molecule has 3 aromatic carbocycles. The molecule has 0 fully saturated rings. The molecule has 0 bridgehead atoms. The van der Waals surface area contributed by atoms with E-state index in [1.165, 1.54) is 16.7 Å². The zero-order valence-corrected chi connectivity index (χ0v) is 13.9. The highest BCUT2D eigenvalue weighted by Crippen LogP contribution is 2.42. The minimum absolute atomic E-state index is 0.459. The third-order valence-electron chi connectivity index (χ3n) is 4.91. The van der Waals surface area contributed by atoms with Crippen LogP contribution in [0.4, 0.5) is 0 Å². The standard InChI is InChI=1S/C23H24/c1-18(20-12-6-3-7-13-20)23(22-16-10-5-11-17-22)19(2)21-14-8-4-9-15-21/h3-19,23H,1-2H3. The molecule has 0 aliphatic rings. The molecule has 2 unspecified atom stereocenters. The van der Waals surface area contributed by atoms with Gasteiger partial charge >= 0.3 is 0 Å². The van der Waals surface area contributed by atoms with Crippen LogP contribution < -0.4 is 0 Å². The summed E-state index contributed by atoms with van der Waals surface area (Å²) in [7, 11) is 0. The van der Waals surface area contributed by atoms with Crippen molar-refractivity contribution in [3.05, 3.63) is 108 Å². The van der Waals surface area contributed by atoms with E-state index in [1.54, 1.807) is 0 Å². The molecule has 0 amide bonds. The summed E-state index contributed by atoms with van der Waals surface area (Å²) in [5.41, 5.74) is 4.23. The van der Waals surface area contributed by atoms with E-state index in [9.17, 15) is 0 Å². The molecule has 2 atom stereocenters. The first-order chi connectivity index (χ1) is 11.3. The molecule has 0 saturated carbocycles. The normalized spacial score (nSPS) is 14.9. The molecule has 0 saturated heterocycles. The second kappa shape index (κ2) is 7.28. The van der Waals surface area contributed by atoms with Crippen LogP contribution in [0.15, 0.2) is 91.0 Å². The highest BCUT2D eigenvalue weighted by molar-refractivity contribution is 5.33. The van der Waals surface area contributed by atoms with Crippen molar-refractivity contribution < 1.29 is 0 Å². The third-order valence-corrected chi connectivity index (χ3v) is 4.91. The molecule has 3 rings (SSSR count). The highest BCUT2D eigenvalue weighted by Gasteiger charge is 2.27. The minimum atomic E-state index is 0.459. The SMILES string of the molecule is CC(c1ccccc1)C(c1ccccc1)C(C)c1ccccc1. The number of benzene rings is 3. The van der Waals surface area contributed by atoms with Crippen LogP contribution in [0.5, 0.6) is 0 Å². The van der Waals surface area contributed by atoms with Gasteiger partial charge in [-0.2, -0.15) is 0 Å². The van der Waals surface area contributed by atoms with Gasteiger partial charge in [0, 0.05) is 0 Å². The van der Waals surface area contributed by atoms with Crippen LogP contribution in [-0.4, -0.2) is 0 Å². The molecule has 23 heavy (non-hydrogen) atoms. The maximum atomic E-state index is 2.35. The largest absolute Gasteiger partial charge is 0.0622 e. The quantitative estimate of drug-likeness (QED) is 0.513. The molecule has 0 radical (unpaired) electrons. The van der Waals surface area contributed by atoms with Gasteiger partial charge in [-0.3, -0.25) is 0 Å². The summed E-state index contributed by atoms with van der Waals surface area (Å²) in [6.07, 6.45) is 0. The number of hydrogen-bond donors (Lipinski definition) is 0. The van der Waals surface area contributed by atoms with Crippen LogP contribution in [0.3, 0.4) is 0 Å². The van der Waals surface area contributed by atoms with E-state index in [0.717, 1.165) is 0 Å². The van der Waals surface area contributed by atoms with Crippen molar-refractivity contribution in [3.8, 4) is 0 Å². The molecular weight excluding hydrogens is 276 g/mol. The monoisotopic (exact) mass is 300 g/mol. The molecule has 0 aliphatic carbocycles. The van der Waals surface area contributed by atoms with E-state index < -0.39 is 0 Å². The van der Waals surface area contributed by atoms with Gasteiger partial charge in [-0.25, -0.2) is 0 Å². The lowest BCUT2D eigenvalue weighted by Crippen LogP contribution is -2.15. The summed E-state index contributed by atoms with van der Waals surface area (Å²) < 4.78 is 0. The summed E-state index contributed by atoms with van der Waals surface area (Å²) in [6, 6.07) is 32.7. The van der Waals surface area contributed by atoms with Crippen molar-refractivity contribution in [1.29, 1.82) is 0 Å². The molecule has 0 heterocycles. The van der Waals surface area contributed by atoms with Gasteiger partial charge in [0.15, 0.2) is 0 Å². The molecule has 0 aliphatic heterocycles. The predicted molar refractivity (Wildman–Crippen MR) is 98.9 cm³/mol. The van der Waals surface area contributed by atoms with Crippen molar-refractivity contribution in [2.45, 2.75) is 31.6 Å². The molecule has 3 aromatic rings. The van der Waals surface area contributed by atoms with Gasteiger partial charge in [-0.05, 0) is 34.4 Å². The van der Waals surface area contributed by atoms with Crippen LogP contribution in [-0.2, 0) is 0 Å². The lowest BCUT2D eigenvalue weighted by Gasteiger charge is -2.31. The summed E-state index contributed by atoms with van der Waals surface area (Å²) in [4.78, 5) is 0. The molecule has 0 nitrogen and oxygen atoms in total. The fourth-order valence-electron chi connectivity index (χ4n) is 3.61.